The molecule has 0 unspecified atom stereocenters. The van der Waals surface area contributed by atoms with Crippen molar-refractivity contribution in [3.63, 3.8) is 0 Å². The van der Waals surface area contributed by atoms with Gasteiger partial charge in [-0.15, -0.1) is 0 Å². The minimum atomic E-state index is -0.420. The molecule has 1 aromatic carbocycles. The highest BCUT2D eigenvalue weighted by atomic mass is 16.5. The number of H-pyrrole nitrogens is 1. The largest absolute Gasteiger partial charge is 0.496 e. The number of rotatable bonds is 4. The number of hydrogen-bond donors (Lipinski definition) is 1. The van der Waals surface area contributed by atoms with Gasteiger partial charge >= 0.3 is 5.97 Å². The normalized spacial score (nSPS) is 10.1. The lowest BCUT2D eigenvalue weighted by Crippen LogP contribution is -2.06. The van der Waals surface area contributed by atoms with Crippen LogP contribution in [0.15, 0.2) is 30.6 Å². The van der Waals surface area contributed by atoms with Crippen molar-refractivity contribution in [1.29, 1.82) is 0 Å². The van der Waals surface area contributed by atoms with Gasteiger partial charge in [0.25, 0.3) is 0 Å². The fraction of sp³-hybridized carbons (Fsp3) is 0.231. The summed E-state index contributed by atoms with van der Waals surface area (Å²) in [5.41, 5.74) is 1.62. The number of methoxy groups -OCH3 is 1. The monoisotopic (exact) mass is 246 g/mol. The Morgan fingerprint density at radius 2 is 2.17 bits per heavy atom. The van der Waals surface area contributed by atoms with Gasteiger partial charge in [-0.05, 0) is 19.1 Å². The van der Waals surface area contributed by atoms with Gasteiger partial charge in [0.15, 0.2) is 5.69 Å². The number of nitrogens with zero attached hydrogens (tertiary/aromatic N) is 1. The standard InChI is InChI=1S/C13H14N2O3/c1-3-18-13(16)12-11(14-8-15-12)9-6-4-5-7-10(9)17-2/h4-8H,3H2,1-2H3,(H,14,15). The van der Waals surface area contributed by atoms with Crippen LogP contribution in [0, 0.1) is 0 Å². The zero-order chi connectivity index (χ0) is 13.0. The topological polar surface area (TPSA) is 64.2 Å². The highest BCUT2D eigenvalue weighted by Gasteiger charge is 2.19. The Balaban J connectivity index is 2.45. The average Bonchev–Trinajstić information content (AvgIpc) is 2.88. The van der Waals surface area contributed by atoms with Crippen LogP contribution in [0.25, 0.3) is 11.3 Å². The summed E-state index contributed by atoms with van der Waals surface area (Å²) in [6, 6.07) is 7.39. The Bertz CT molecular complexity index is 549. The first-order valence-corrected chi connectivity index (χ1v) is 5.61. The first kappa shape index (κ1) is 12.2. The average molecular weight is 246 g/mol. The molecule has 5 heteroatoms. The zero-order valence-corrected chi connectivity index (χ0v) is 10.3. The molecule has 0 radical (unpaired) electrons. The molecule has 0 atom stereocenters. The number of carbonyl (C=O) groups excluding carboxylic acids is 1. The molecule has 0 bridgehead atoms. The van der Waals surface area contributed by atoms with Crippen LogP contribution in [-0.4, -0.2) is 29.7 Å². The number of benzene rings is 1. The van der Waals surface area contributed by atoms with Crippen LogP contribution < -0.4 is 4.74 Å². The smallest absolute Gasteiger partial charge is 0.357 e. The van der Waals surface area contributed by atoms with Gasteiger partial charge < -0.3 is 14.5 Å². The van der Waals surface area contributed by atoms with E-state index >= 15 is 0 Å². The van der Waals surface area contributed by atoms with Gasteiger partial charge in [-0.3, -0.25) is 0 Å². The Morgan fingerprint density at radius 3 is 2.89 bits per heavy atom. The number of ether oxygens (including phenoxy) is 2. The SMILES string of the molecule is CCOC(=O)c1[nH]cnc1-c1ccccc1OC. The van der Waals surface area contributed by atoms with Gasteiger partial charge in [-0.25, -0.2) is 9.78 Å². The highest BCUT2D eigenvalue weighted by Crippen LogP contribution is 2.30. The van der Waals surface area contributed by atoms with E-state index in [0.717, 1.165) is 5.56 Å². The maximum Gasteiger partial charge on any atom is 0.357 e. The third kappa shape index (κ3) is 2.20. The molecule has 0 saturated carbocycles. The van der Waals surface area contributed by atoms with Crippen molar-refractivity contribution in [2.75, 3.05) is 13.7 Å². The molecule has 94 valence electrons. The van der Waals surface area contributed by atoms with Gasteiger partial charge in [0.2, 0.25) is 0 Å². The van der Waals surface area contributed by atoms with E-state index in [1.165, 1.54) is 6.33 Å². The molecule has 0 saturated heterocycles. The van der Waals surface area contributed by atoms with Crippen LogP contribution in [0.4, 0.5) is 0 Å². The minimum absolute atomic E-state index is 0.323. The molecule has 0 spiro atoms. The molecule has 0 fully saturated rings. The third-order valence-corrected chi connectivity index (χ3v) is 2.48. The van der Waals surface area contributed by atoms with Crippen LogP contribution in [0.3, 0.4) is 0 Å². The second kappa shape index (κ2) is 5.35. The van der Waals surface area contributed by atoms with E-state index in [1.54, 1.807) is 14.0 Å². The fourth-order valence-corrected chi connectivity index (χ4v) is 1.70. The van der Waals surface area contributed by atoms with Crippen molar-refractivity contribution in [3.05, 3.63) is 36.3 Å². The first-order chi connectivity index (χ1) is 8.77. The van der Waals surface area contributed by atoms with Crippen LogP contribution in [0.2, 0.25) is 0 Å². The Labute approximate surface area is 105 Å². The highest BCUT2D eigenvalue weighted by molar-refractivity contribution is 5.95. The first-order valence-electron chi connectivity index (χ1n) is 5.61. The van der Waals surface area contributed by atoms with Gasteiger partial charge in [0, 0.05) is 5.56 Å². The predicted molar refractivity (Wildman–Crippen MR) is 66.5 cm³/mol. The molecule has 0 aliphatic carbocycles. The van der Waals surface area contributed by atoms with Crippen LogP contribution in [0.5, 0.6) is 5.75 Å². The fourth-order valence-electron chi connectivity index (χ4n) is 1.70. The molecule has 1 aromatic heterocycles. The van der Waals surface area contributed by atoms with Crippen molar-refractivity contribution in [3.8, 4) is 17.0 Å². The lowest BCUT2D eigenvalue weighted by molar-refractivity contribution is 0.0521. The molecule has 18 heavy (non-hydrogen) atoms. The Hall–Kier alpha value is -2.30. The lowest BCUT2D eigenvalue weighted by Gasteiger charge is -2.07. The maximum absolute atomic E-state index is 11.8. The number of aromatic amines is 1. The molecular weight excluding hydrogens is 232 g/mol. The summed E-state index contributed by atoms with van der Waals surface area (Å²) in [6.45, 7) is 2.08. The number of carbonyl (C=O) groups is 1. The van der Waals surface area contributed by atoms with E-state index in [0.29, 0.717) is 23.7 Å². The van der Waals surface area contributed by atoms with E-state index in [9.17, 15) is 4.79 Å². The summed E-state index contributed by atoms with van der Waals surface area (Å²) in [5.74, 6) is 0.242. The molecule has 0 amide bonds. The summed E-state index contributed by atoms with van der Waals surface area (Å²) in [4.78, 5) is 18.7. The summed E-state index contributed by atoms with van der Waals surface area (Å²) in [6.07, 6.45) is 1.47. The number of para-hydroxylation sites is 1. The Kier molecular flexibility index (Phi) is 3.62. The molecule has 2 rings (SSSR count). The van der Waals surface area contributed by atoms with E-state index in [-0.39, 0.29) is 0 Å². The molecule has 1 N–H and O–H groups in total. The van der Waals surface area contributed by atoms with Crippen LogP contribution >= 0.6 is 0 Å². The van der Waals surface area contributed by atoms with E-state index < -0.39 is 5.97 Å². The van der Waals surface area contributed by atoms with Crippen LogP contribution in [-0.2, 0) is 4.74 Å². The van der Waals surface area contributed by atoms with Crippen molar-refractivity contribution in [2.45, 2.75) is 6.92 Å². The van der Waals surface area contributed by atoms with Crippen molar-refractivity contribution < 1.29 is 14.3 Å². The quantitative estimate of drug-likeness (QED) is 0.840. The summed E-state index contributed by atoms with van der Waals surface area (Å²) in [5, 5.41) is 0. The van der Waals surface area contributed by atoms with Crippen molar-refractivity contribution in [1.82, 2.24) is 9.97 Å². The van der Waals surface area contributed by atoms with Crippen molar-refractivity contribution in [2.24, 2.45) is 0 Å². The zero-order valence-electron chi connectivity index (χ0n) is 10.3. The van der Waals surface area contributed by atoms with Gasteiger partial charge in [-0.2, -0.15) is 0 Å². The number of imidazole rings is 1. The van der Waals surface area contributed by atoms with E-state index in [2.05, 4.69) is 9.97 Å². The summed E-state index contributed by atoms with van der Waals surface area (Å²) < 4.78 is 10.2. The maximum atomic E-state index is 11.8. The van der Waals surface area contributed by atoms with Gasteiger partial charge in [-0.1, -0.05) is 12.1 Å². The molecule has 0 aliphatic heterocycles. The molecule has 0 aliphatic rings. The van der Waals surface area contributed by atoms with Gasteiger partial charge in [0.1, 0.15) is 11.4 Å². The second-order valence-electron chi connectivity index (χ2n) is 3.55. The number of hydrogen-bond acceptors (Lipinski definition) is 4. The van der Waals surface area contributed by atoms with E-state index in [4.69, 9.17) is 9.47 Å². The number of esters is 1. The summed E-state index contributed by atoms with van der Waals surface area (Å²) >= 11 is 0. The van der Waals surface area contributed by atoms with Crippen LogP contribution in [0.1, 0.15) is 17.4 Å². The lowest BCUT2D eigenvalue weighted by atomic mass is 10.1. The molecule has 1 heterocycles. The number of nitrogens with one attached hydrogen (secondary N) is 1. The Morgan fingerprint density at radius 1 is 1.39 bits per heavy atom. The molecular formula is C13H14N2O3. The van der Waals surface area contributed by atoms with Gasteiger partial charge in [0.05, 0.1) is 20.0 Å². The molecule has 2 aromatic rings. The third-order valence-electron chi connectivity index (χ3n) is 2.48. The van der Waals surface area contributed by atoms with Crippen molar-refractivity contribution >= 4 is 5.97 Å². The van der Waals surface area contributed by atoms with E-state index in [1.807, 2.05) is 24.3 Å². The predicted octanol–water partition coefficient (Wildman–Crippen LogP) is 2.26. The molecule has 5 nitrogen and oxygen atoms in total. The summed E-state index contributed by atoms with van der Waals surface area (Å²) in [7, 11) is 1.58. The minimum Gasteiger partial charge on any atom is -0.496 e. The second-order valence-corrected chi connectivity index (χ2v) is 3.55. The number of aromatic nitrogens is 2.